The molecular weight excluding hydrogens is 464 g/mol. The van der Waals surface area contributed by atoms with Crippen molar-refractivity contribution in [2.45, 2.75) is 44.9 Å². The summed E-state index contributed by atoms with van der Waals surface area (Å²) in [6, 6.07) is 24.7. The molecule has 3 aromatic carbocycles. The van der Waals surface area contributed by atoms with Gasteiger partial charge in [0.1, 0.15) is 11.6 Å². The molecule has 188 valence electrons. The molecule has 0 fully saturated rings. The van der Waals surface area contributed by atoms with Crippen LogP contribution >= 0.6 is 0 Å². The Morgan fingerprint density at radius 3 is 2.38 bits per heavy atom. The Balaban J connectivity index is 1.65. The highest BCUT2D eigenvalue weighted by atomic mass is 16.6. The van der Waals surface area contributed by atoms with Gasteiger partial charge in [-0.05, 0) is 51.0 Å². The molecule has 1 heterocycles. The fraction of sp³-hybridized carbons (Fsp3) is 0.233. The number of aromatic amines is 1. The van der Waals surface area contributed by atoms with Gasteiger partial charge in [0.05, 0.1) is 12.1 Å². The van der Waals surface area contributed by atoms with E-state index in [0.29, 0.717) is 23.2 Å². The summed E-state index contributed by atoms with van der Waals surface area (Å²) in [6.07, 6.45) is 1.63. The molecule has 0 bridgehead atoms. The molecule has 4 rings (SSSR count). The second-order valence-electron chi connectivity index (χ2n) is 9.81. The number of hydrogen-bond donors (Lipinski definition) is 3. The Morgan fingerprint density at radius 2 is 1.65 bits per heavy atom. The SMILES string of the molecule is CC(C)(C)OC(=O)N[C@@H](Cc1c[nH]c2ccccc12)C(C#N)Nc1ccccc1C(=O)c1ccccc1. The summed E-state index contributed by atoms with van der Waals surface area (Å²) in [5.74, 6) is -0.159. The number of nitrogens with zero attached hydrogens (tertiary/aromatic N) is 1. The number of anilines is 1. The van der Waals surface area contributed by atoms with Crippen LogP contribution in [0.1, 0.15) is 42.3 Å². The molecule has 37 heavy (non-hydrogen) atoms. The number of amides is 1. The van der Waals surface area contributed by atoms with Crippen LogP contribution in [-0.4, -0.2) is 34.5 Å². The Hall–Kier alpha value is -4.57. The Morgan fingerprint density at radius 1 is 0.973 bits per heavy atom. The van der Waals surface area contributed by atoms with E-state index in [-0.39, 0.29) is 5.78 Å². The predicted octanol–water partition coefficient (Wildman–Crippen LogP) is 5.84. The molecule has 1 unspecified atom stereocenters. The number of H-pyrrole nitrogens is 1. The van der Waals surface area contributed by atoms with Gasteiger partial charge in [-0.25, -0.2) is 4.79 Å². The zero-order valence-corrected chi connectivity index (χ0v) is 21.1. The van der Waals surface area contributed by atoms with Crippen LogP contribution in [0.3, 0.4) is 0 Å². The highest BCUT2D eigenvalue weighted by molar-refractivity contribution is 6.12. The summed E-state index contributed by atoms with van der Waals surface area (Å²) in [6.45, 7) is 5.35. The number of ether oxygens (including phenoxy) is 1. The number of carbonyl (C=O) groups is 2. The average molecular weight is 495 g/mol. The maximum Gasteiger partial charge on any atom is 0.407 e. The highest BCUT2D eigenvalue weighted by Crippen LogP contribution is 2.24. The molecular formula is C30H30N4O3. The molecule has 0 spiro atoms. The number of alkyl carbamates (subject to hydrolysis) is 1. The summed E-state index contributed by atoms with van der Waals surface area (Å²) >= 11 is 0. The van der Waals surface area contributed by atoms with Gasteiger partial charge >= 0.3 is 6.09 Å². The molecule has 7 heteroatoms. The van der Waals surface area contributed by atoms with Gasteiger partial charge in [-0.15, -0.1) is 0 Å². The lowest BCUT2D eigenvalue weighted by molar-refractivity contribution is 0.0502. The number of nitrogens with one attached hydrogen (secondary N) is 3. The summed E-state index contributed by atoms with van der Waals surface area (Å²) in [5.41, 5.74) is 2.73. The lowest BCUT2D eigenvalue weighted by Crippen LogP contribution is -2.49. The van der Waals surface area contributed by atoms with Gasteiger partial charge < -0.3 is 20.4 Å². The number of ketones is 1. The maximum absolute atomic E-state index is 13.2. The minimum absolute atomic E-state index is 0.159. The van der Waals surface area contributed by atoms with Crippen molar-refractivity contribution >= 4 is 28.5 Å². The van der Waals surface area contributed by atoms with Gasteiger partial charge in [-0.3, -0.25) is 4.79 Å². The number of nitriles is 1. The zero-order chi connectivity index (χ0) is 26.4. The standard InChI is InChI=1S/C30H30N4O3/c1-30(2,3)37-29(36)34-26(17-21-19-32-24-15-9-7-13-22(21)24)27(18-31)33-25-16-10-8-14-23(25)28(35)20-11-5-4-6-12-20/h4-16,19,26-27,32-33H,17H2,1-3H3,(H,34,36)/t26-,27?/m0/s1. The van der Waals surface area contributed by atoms with E-state index in [4.69, 9.17) is 4.74 Å². The molecule has 7 nitrogen and oxygen atoms in total. The lowest BCUT2D eigenvalue weighted by atomic mass is 9.97. The van der Waals surface area contributed by atoms with Gasteiger partial charge in [0.15, 0.2) is 5.78 Å². The maximum atomic E-state index is 13.2. The first kappa shape index (κ1) is 25.5. The molecule has 1 amide bonds. The topological polar surface area (TPSA) is 107 Å². The fourth-order valence-electron chi connectivity index (χ4n) is 4.19. The van der Waals surface area contributed by atoms with Crippen molar-refractivity contribution in [3.05, 3.63) is 102 Å². The molecule has 0 saturated heterocycles. The third kappa shape index (κ3) is 6.36. The van der Waals surface area contributed by atoms with Gasteiger partial charge in [-0.1, -0.05) is 60.7 Å². The van der Waals surface area contributed by atoms with E-state index in [9.17, 15) is 14.9 Å². The van der Waals surface area contributed by atoms with Crippen LogP contribution in [0, 0.1) is 11.3 Å². The van der Waals surface area contributed by atoms with Crippen LogP contribution in [0.25, 0.3) is 10.9 Å². The minimum Gasteiger partial charge on any atom is -0.444 e. The molecule has 0 aliphatic rings. The molecule has 0 aliphatic carbocycles. The smallest absolute Gasteiger partial charge is 0.407 e. The van der Waals surface area contributed by atoms with Gasteiger partial charge in [0.2, 0.25) is 0 Å². The van der Waals surface area contributed by atoms with E-state index < -0.39 is 23.8 Å². The summed E-state index contributed by atoms with van der Waals surface area (Å²) in [4.78, 5) is 29.2. The first-order chi connectivity index (χ1) is 17.7. The molecule has 0 aliphatic heterocycles. The van der Waals surface area contributed by atoms with Crippen molar-refractivity contribution in [1.29, 1.82) is 5.26 Å². The van der Waals surface area contributed by atoms with E-state index in [1.54, 1.807) is 57.2 Å². The first-order valence-electron chi connectivity index (χ1n) is 12.1. The summed E-state index contributed by atoms with van der Waals surface area (Å²) in [7, 11) is 0. The number of hydrogen-bond acceptors (Lipinski definition) is 5. The van der Waals surface area contributed by atoms with Crippen LogP contribution < -0.4 is 10.6 Å². The number of rotatable bonds is 8. The van der Waals surface area contributed by atoms with Crippen molar-refractivity contribution in [1.82, 2.24) is 10.3 Å². The number of carbonyl (C=O) groups excluding carboxylic acids is 2. The van der Waals surface area contributed by atoms with Crippen LogP contribution in [0.4, 0.5) is 10.5 Å². The molecule has 0 saturated carbocycles. The van der Waals surface area contributed by atoms with Crippen LogP contribution in [-0.2, 0) is 11.2 Å². The van der Waals surface area contributed by atoms with E-state index >= 15 is 0 Å². The second kappa shape index (κ2) is 11.0. The quantitative estimate of drug-likeness (QED) is 0.267. The molecule has 4 aromatic rings. The Bertz CT molecular complexity index is 1430. The predicted molar refractivity (Wildman–Crippen MR) is 145 cm³/mol. The summed E-state index contributed by atoms with van der Waals surface area (Å²) < 4.78 is 5.49. The fourth-order valence-corrected chi connectivity index (χ4v) is 4.19. The van der Waals surface area contributed by atoms with Crippen molar-refractivity contribution in [3.63, 3.8) is 0 Å². The Kier molecular flexibility index (Phi) is 7.59. The van der Waals surface area contributed by atoms with Crippen molar-refractivity contribution in [2.75, 3.05) is 5.32 Å². The second-order valence-corrected chi connectivity index (χ2v) is 9.81. The molecule has 1 aromatic heterocycles. The average Bonchev–Trinajstić information content (AvgIpc) is 3.29. The van der Waals surface area contributed by atoms with E-state index in [1.807, 2.05) is 48.7 Å². The monoisotopic (exact) mass is 494 g/mol. The molecule has 3 N–H and O–H groups in total. The number of benzene rings is 3. The van der Waals surface area contributed by atoms with E-state index in [0.717, 1.165) is 16.5 Å². The van der Waals surface area contributed by atoms with Gasteiger partial charge in [0.25, 0.3) is 0 Å². The first-order valence-corrected chi connectivity index (χ1v) is 12.1. The van der Waals surface area contributed by atoms with E-state index in [1.165, 1.54) is 0 Å². The number of para-hydroxylation sites is 2. The number of aromatic nitrogens is 1. The van der Waals surface area contributed by atoms with Crippen LogP contribution in [0.15, 0.2) is 85.1 Å². The third-order valence-corrected chi connectivity index (χ3v) is 5.88. The van der Waals surface area contributed by atoms with Crippen molar-refractivity contribution in [3.8, 4) is 6.07 Å². The molecule has 0 radical (unpaired) electrons. The van der Waals surface area contributed by atoms with Crippen LogP contribution in [0.2, 0.25) is 0 Å². The van der Waals surface area contributed by atoms with Crippen molar-refractivity contribution in [2.24, 2.45) is 0 Å². The highest BCUT2D eigenvalue weighted by Gasteiger charge is 2.28. The van der Waals surface area contributed by atoms with Crippen LogP contribution in [0.5, 0.6) is 0 Å². The van der Waals surface area contributed by atoms with Gasteiger partial charge in [0, 0.05) is 33.9 Å². The normalized spacial score (nSPS) is 12.8. The molecule has 2 atom stereocenters. The zero-order valence-electron chi connectivity index (χ0n) is 21.1. The van der Waals surface area contributed by atoms with Crippen molar-refractivity contribution < 1.29 is 14.3 Å². The minimum atomic E-state index is -0.856. The third-order valence-electron chi connectivity index (χ3n) is 5.88. The summed E-state index contributed by atoms with van der Waals surface area (Å²) in [5, 5.41) is 17.3. The van der Waals surface area contributed by atoms with Gasteiger partial charge in [-0.2, -0.15) is 5.26 Å². The Labute approximate surface area is 216 Å². The number of fused-ring (bicyclic) bond motifs is 1. The largest absolute Gasteiger partial charge is 0.444 e. The van der Waals surface area contributed by atoms with E-state index in [2.05, 4.69) is 21.7 Å². The lowest BCUT2D eigenvalue weighted by Gasteiger charge is -2.27.